The number of hydrogen-bond donors (Lipinski definition) is 1. The van der Waals surface area contributed by atoms with Crippen LogP contribution in [0, 0.1) is 18.7 Å². The standard InChI is InChI=1S/C20H23FN6O/c1-14-23-24-18-6-7-19(25-27(14)18)26-12-9-16(10-13-26)20(28)22-11-8-15-2-4-17(21)5-3-15/h2-7,16H,8-13H2,1H3,(H,22,28). The topological polar surface area (TPSA) is 75.4 Å². The molecule has 0 bridgehead atoms. The SMILES string of the molecule is Cc1nnc2ccc(N3CCC(C(=O)NCCc4ccc(F)cc4)CC3)nn12. The Hall–Kier alpha value is -3.03. The highest BCUT2D eigenvalue weighted by molar-refractivity contribution is 5.79. The van der Waals surface area contributed by atoms with Crippen LogP contribution in [0.2, 0.25) is 0 Å². The lowest BCUT2D eigenvalue weighted by molar-refractivity contribution is -0.125. The van der Waals surface area contributed by atoms with Gasteiger partial charge in [-0.2, -0.15) is 4.52 Å². The summed E-state index contributed by atoms with van der Waals surface area (Å²) in [6, 6.07) is 10.3. The van der Waals surface area contributed by atoms with Gasteiger partial charge in [0, 0.05) is 25.6 Å². The van der Waals surface area contributed by atoms with Crippen LogP contribution in [0.1, 0.15) is 24.2 Å². The van der Waals surface area contributed by atoms with Crippen LogP contribution < -0.4 is 10.2 Å². The van der Waals surface area contributed by atoms with E-state index in [1.807, 2.05) is 19.1 Å². The molecule has 3 heterocycles. The van der Waals surface area contributed by atoms with Crippen LogP contribution in [-0.4, -0.2) is 45.4 Å². The summed E-state index contributed by atoms with van der Waals surface area (Å²) in [5.74, 6) is 1.51. The molecule has 0 unspecified atom stereocenters. The number of amides is 1. The van der Waals surface area contributed by atoms with Crippen molar-refractivity contribution >= 4 is 17.4 Å². The fraction of sp³-hybridized carbons (Fsp3) is 0.400. The lowest BCUT2D eigenvalue weighted by Crippen LogP contribution is -2.41. The van der Waals surface area contributed by atoms with Crippen molar-refractivity contribution in [2.45, 2.75) is 26.2 Å². The lowest BCUT2D eigenvalue weighted by Gasteiger charge is -2.32. The summed E-state index contributed by atoms with van der Waals surface area (Å²) >= 11 is 0. The van der Waals surface area contributed by atoms with Crippen molar-refractivity contribution in [3.05, 3.63) is 53.6 Å². The number of anilines is 1. The minimum atomic E-state index is -0.243. The van der Waals surface area contributed by atoms with Crippen molar-refractivity contribution in [1.82, 2.24) is 25.1 Å². The normalized spacial score (nSPS) is 15.1. The third-order valence-electron chi connectivity index (χ3n) is 5.22. The van der Waals surface area contributed by atoms with Gasteiger partial charge in [-0.25, -0.2) is 4.39 Å². The second-order valence-corrected chi connectivity index (χ2v) is 7.14. The summed E-state index contributed by atoms with van der Waals surface area (Å²) in [6.45, 7) is 4.01. The number of nitrogens with one attached hydrogen (secondary N) is 1. The Bertz CT molecular complexity index is 962. The van der Waals surface area contributed by atoms with E-state index < -0.39 is 0 Å². The molecule has 1 fully saturated rings. The van der Waals surface area contributed by atoms with Gasteiger partial charge in [0.15, 0.2) is 11.5 Å². The van der Waals surface area contributed by atoms with E-state index in [2.05, 4.69) is 25.5 Å². The van der Waals surface area contributed by atoms with Gasteiger partial charge < -0.3 is 10.2 Å². The highest BCUT2D eigenvalue weighted by atomic mass is 19.1. The average Bonchev–Trinajstić information content (AvgIpc) is 3.10. The predicted octanol–water partition coefficient (Wildman–Crippen LogP) is 2.15. The Labute approximate surface area is 162 Å². The molecule has 146 valence electrons. The number of halogens is 1. The van der Waals surface area contributed by atoms with Crippen molar-refractivity contribution in [3.63, 3.8) is 0 Å². The highest BCUT2D eigenvalue weighted by Gasteiger charge is 2.25. The summed E-state index contributed by atoms with van der Waals surface area (Å²) < 4.78 is 14.7. The van der Waals surface area contributed by atoms with E-state index in [-0.39, 0.29) is 17.6 Å². The number of rotatable bonds is 5. The van der Waals surface area contributed by atoms with Gasteiger partial charge in [-0.3, -0.25) is 4.79 Å². The minimum Gasteiger partial charge on any atom is -0.356 e. The largest absolute Gasteiger partial charge is 0.356 e. The molecule has 1 N–H and O–H groups in total. The van der Waals surface area contributed by atoms with Crippen LogP contribution in [0.3, 0.4) is 0 Å². The number of benzene rings is 1. The molecule has 0 saturated carbocycles. The molecular formula is C20H23FN6O. The van der Waals surface area contributed by atoms with E-state index in [1.165, 1.54) is 12.1 Å². The quantitative estimate of drug-likeness (QED) is 0.732. The summed E-state index contributed by atoms with van der Waals surface area (Å²) in [5, 5.41) is 15.7. The van der Waals surface area contributed by atoms with E-state index in [1.54, 1.807) is 16.6 Å². The first kappa shape index (κ1) is 18.3. The zero-order valence-corrected chi connectivity index (χ0v) is 15.8. The van der Waals surface area contributed by atoms with Gasteiger partial charge in [0.1, 0.15) is 11.6 Å². The average molecular weight is 382 g/mol. The number of aromatic nitrogens is 4. The summed E-state index contributed by atoms with van der Waals surface area (Å²) in [4.78, 5) is 14.6. The Balaban J connectivity index is 1.27. The number of aryl methyl sites for hydroxylation is 1. The highest BCUT2D eigenvalue weighted by Crippen LogP contribution is 2.22. The molecule has 8 heteroatoms. The maximum absolute atomic E-state index is 12.9. The molecule has 1 aromatic carbocycles. The van der Waals surface area contributed by atoms with Crippen LogP contribution in [0.15, 0.2) is 36.4 Å². The Morgan fingerprint density at radius 3 is 2.64 bits per heavy atom. The zero-order chi connectivity index (χ0) is 19.5. The van der Waals surface area contributed by atoms with Gasteiger partial charge in [0.05, 0.1) is 0 Å². The maximum atomic E-state index is 12.9. The molecule has 1 amide bonds. The third-order valence-corrected chi connectivity index (χ3v) is 5.22. The fourth-order valence-electron chi connectivity index (χ4n) is 3.55. The number of nitrogens with zero attached hydrogens (tertiary/aromatic N) is 5. The van der Waals surface area contributed by atoms with Crippen molar-refractivity contribution in [2.24, 2.45) is 5.92 Å². The zero-order valence-electron chi connectivity index (χ0n) is 15.8. The van der Waals surface area contributed by atoms with Crippen molar-refractivity contribution in [3.8, 4) is 0 Å². The molecule has 1 aliphatic rings. The molecule has 1 saturated heterocycles. The second kappa shape index (κ2) is 7.92. The van der Waals surface area contributed by atoms with Crippen molar-refractivity contribution in [2.75, 3.05) is 24.5 Å². The smallest absolute Gasteiger partial charge is 0.223 e. The van der Waals surface area contributed by atoms with Crippen molar-refractivity contribution < 1.29 is 9.18 Å². The van der Waals surface area contributed by atoms with E-state index in [4.69, 9.17) is 0 Å². The fourth-order valence-corrected chi connectivity index (χ4v) is 3.55. The van der Waals surface area contributed by atoms with Gasteiger partial charge in [0.2, 0.25) is 5.91 Å². The number of piperidine rings is 1. The Kier molecular flexibility index (Phi) is 5.18. The van der Waals surface area contributed by atoms with Gasteiger partial charge in [-0.05, 0) is 56.0 Å². The Morgan fingerprint density at radius 2 is 1.89 bits per heavy atom. The van der Waals surface area contributed by atoms with Gasteiger partial charge in [-0.1, -0.05) is 12.1 Å². The van der Waals surface area contributed by atoms with Crippen LogP contribution >= 0.6 is 0 Å². The minimum absolute atomic E-state index is 0.0184. The molecule has 7 nitrogen and oxygen atoms in total. The number of carbonyl (C=O) groups is 1. The van der Waals surface area contributed by atoms with Gasteiger partial charge in [0.25, 0.3) is 0 Å². The van der Waals surface area contributed by atoms with Crippen LogP contribution in [0.5, 0.6) is 0 Å². The molecule has 0 atom stereocenters. The van der Waals surface area contributed by atoms with Gasteiger partial charge in [-0.15, -0.1) is 15.3 Å². The summed E-state index contributed by atoms with van der Waals surface area (Å²) in [6.07, 6.45) is 2.29. The summed E-state index contributed by atoms with van der Waals surface area (Å²) in [7, 11) is 0. The van der Waals surface area contributed by atoms with Crippen LogP contribution in [0.4, 0.5) is 10.2 Å². The first-order valence-corrected chi connectivity index (χ1v) is 9.56. The maximum Gasteiger partial charge on any atom is 0.223 e. The number of fused-ring (bicyclic) bond motifs is 1. The molecule has 4 rings (SSSR count). The van der Waals surface area contributed by atoms with Crippen LogP contribution in [-0.2, 0) is 11.2 Å². The molecule has 0 radical (unpaired) electrons. The van der Waals surface area contributed by atoms with Crippen molar-refractivity contribution in [1.29, 1.82) is 0 Å². The van der Waals surface area contributed by atoms with E-state index in [9.17, 15) is 9.18 Å². The second-order valence-electron chi connectivity index (χ2n) is 7.14. The Morgan fingerprint density at radius 1 is 1.14 bits per heavy atom. The van der Waals surface area contributed by atoms with E-state index in [0.717, 1.165) is 48.8 Å². The van der Waals surface area contributed by atoms with E-state index in [0.29, 0.717) is 13.0 Å². The first-order valence-electron chi connectivity index (χ1n) is 9.56. The lowest BCUT2D eigenvalue weighted by atomic mass is 9.96. The first-order chi connectivity index (χ1) is 13.6. The van der Waals surface area contributed by atoms with Crippen LogP contribution in [0.25, 0.3) is 5.65 Å². The molecule has 28 heavy (non-hydrogen) atoms. The molecule has 2 aromatic heterocycles. The van der Waals surface area contributed by atoms with E-state index >= 15 is 0 Å². The summed E-state index contributed by atoms with van der Waals surface area (Å²) in [5.41, 5.74) is 1.75. The molecule has 0 aliphatic carbocycles. The monoisotopic (exact) mass is 382 g/mol. The predicted molar refractivity (Wildman–Crippen MR) is 104 cm³/mol. The van der Waals surface area contributed by atoms with Gasteiger partial charge >= 0.3 is 0 Å². The molecule has 3 aromatic rings. The molecule has 0 spiro atoms. The number of hydrogen-bond acceptors (Lipinski definition) is 5. The molecular weight excluding hydrogens is 359 g/mol. The molecule has 1 aliphatic heterocycles. The number of carbonyl (C=O) groups excluding carboxylic acids is 1. The third kappa shape index (κ3) is 3.95.